The minimum atomic E-state index is 0.295. The lowest BCUT2D eigenvalue weighted by Gasteiger charge is -2.12. The molecule has 0 atom stereocenters. The van der Waals surface area contributed by atoms with E-state index in [4.69, 9.17) is 10.5 Å². The number of halogens is 1. The normalized spacial score (nSPS) is 9.71. The van der Waals surface area contributed by atoms with Gasteiger partial charge in [0.1, 0.15) is 0 Å². The van der Waals surface area contributed by atoms with Gasteiger partial charge >= 0.3 is 0 Å². The summed E-state index contributed by atoms with van der Waals surface area (Å²) >= 11 is 4.99. The molecule has 1 aromatic heterocycles. The molecule has 0 saturated carbocycles. The van der Waals surface area contributed by atoms with E-state index >= 15 is 0 Å². The van der Waals surface area contributed by atoms with E-state index in [1.165, 1.54) is 0 Å². The third-order valence-corrected chi connectivity index (χ3v) is 3.21. The Morgan fingerprint density at radius 2 is 1.93 bits per heavy atom. The second-order valence-electron chi connectivity index (χ2n) is 2.67. The van der Waals surface area contributed by atoms with Gasteiger partial charge in [0, 0.05) is 11.4 Å². The highest BCUT2D eigenvalue weighted by Crippen LogP contribution is 2.23. The van der Waals surface area contributed by atoms with E-state index in [1.54, 1.807) is 16.2 Å². The molecule has 1 heterocycles. The van der Waals surface area contributed by atoms with Crippen LogP contribution in [-0.2, 0) is 6.54 Å². The van der Waals surface area contributed by atoms with Crippen molar-refractivity contribution in [2.75, 3.05) is 13.1 Å². The number of rotatable bonds is 4. The summed E-state index contributed by atoms with van der Waals surface area (Å²) in [5.41, 5.74) is 0. The zero-order valence-electron chi connectivity index (χ0n) is 7.40. The Kier molecular flexibility index (Phi) is 4.61. The summed E-state index contributed by atoms with van der Waals surface area (Å²) in [6, 6.07) is 8.06. The molecule has 0 aliphatic carbocycles. The molecule has 1 aromatic rings. The lowest BCUT2D eigenvalue weighted by atomic mass is 10.4. The molecule has 1 rings (SSSR count). The Balaban J connectivity index is 2.56. The van der Waals surface area contributed by atoms with Gasteiger partial charge in [-0.05, 0) is 28.1 Å². The highest BCUT2D eigenvalue weighted by Gasteiger charge is 2.06. The van der Waals surface area contributed by atoms with Gasteiger partial charge in [0.05, 0.1) is 29.0 Å². The monoisotopic (exact) mass is 269 g/mol. The molecule has 0 bridgehead atoms. The van der Waals surface area contributed by atoms with Crippen molar-refractivity contribution in [1.29, 1.82) is 10.5 Å². The van der Waals surface area contributed by atoms with Crippen LogP contribution >= 0.6 is 27.3 Å². The SMILES string of the molecule is N#CCN(CC#N)Cc1ccc(Br)s1. The molecule has 5 heteroatoms. The third kappa shape index (κ3) is 3.47. The lowest BCUT2D eigenvalue weighted by Crippen LogP contribution is -2.23. The average molecular weight is 270 g/mol. The molecular weight excluding hydrogens is 262 g/mol. The smallest absolute Gasteiger partial charge is 0.0877 e. The van der Waals surface area contributed by atoms with E-state index in [9.17, 15) is 0 Å². The first-order chi connectivity index (χ1) is 6.76. The zero-order chi connectivity index (χ0) is 10.4. The fourth-order valence-corrected chi connectivity index (χ4v) is 2.55. The molecule has 0 unspecified atom stereocenters. The van der Waals surface area contributed by atoms with E-state index in [-0.39, 0.29) is 0 Å². The Morgan fingerprint density at radius 1 is 1.29 bits per heavy atom. The van der Waals surface area contributed by atoms with Crippen LogP contribution in [0.25, 0.3) is 0 Å². The Morgan fingerprint density at radius 3 is 2.36 bits per heavy atom. The molecule has 0 aliphatic heterocycles. The molecule has 0 N–H and O–H groups in total. The van der Waals surface area contributed by atoms with Crippen molar-refractivity contribution in [2.45, 2.75) is 6.54 Å². The maximum absolute atomic E-state index is 8.54. The molecule has 0 aromatic carbocycles. The average Bonchev–Trinajstić information content (AvgIpc) is 2.52. The van der Waals surface area contributed by atoms with Gasteiger partial charge in [0.2, 0.25) is 0 Å². The van der Waals surface area contributed by atoms with Crippen molar-refractivity contribution in [3.8, 4) is 12.1 Å². The second kappa shape index (κ2) is 5.77. The summed E-state index contributed by atoms with van der Waals surface area (Å²) < 4.78 is 1.07. The summed E-state index contributed by atoms with van der Waals surface area (Å²) in [5.74, 6) is 0. The van der Waals surface area contributed by atoms with Crippen molar-refractivity contribution in [3.05, 3.63) is 20.8 Å². The Bertz CT molecular complexity index is 358. The van der Waals surface area contributed by atoms with Gasteiger partial charge in [-0.3, -0.25) is 4.90 Å². The molecule has 72 valence electrons. The molecule has 0 amide bonds. The summed E-state index contributed by atoms with van der Waals surface area (Å²) in [7, 11) is 0. The first-order valence-electron chi connectivity index (χ1n) is 3.96. The summed E-state index contributed by atoms with van der Waals surface area (Å²) in [6.07, 6.45) is 0. The number of hydrogen-bond donors (Lipinski definition) is 0. The predicted octanol–water partition coefficient (Wildman–Crippen LogP) is 2.36. The van der Waals surface area contributed by atoms with Gasteiger partial charge in [-0.25, -0.2) is 0 Å². The van der Waals surface area contributed by atoms with Gasteiger partial charge in [0.15, 0.2) is 0 Å². The van der Waals surface area contributed by atoms with Gasteiger partial charge in [-0.1, -0.05) is 0 Å². The molecular formula is C9H8BrN3S. The Labute approximate surface area is 95.3 Å². The molecule has 3 nitrogen and oxygen atoms in total. The first kappa shape index (κ1) is 11.2. The first-order valence-corrected chi connectivity index (χ1v) is 5.57. The predicted molar refractivity (Wildman–Crippen MR) is 58.5 cm³/mol. The van der Waals surface area contributed by atoms with Gasteiger partial charge in [-0.15, -0.1) is 11.3 Å². The van der Waals surface area contributed by atoms with Crippen LogP contribution in [0.2, 0.25) is 0 Å². The summed E-state index contributed by atoms with van der Waals surface area (Å²) in [4.78, 5) is 2.96. The van der Waals surface area contributed by atoms with E-state index in [0.717, 1.165) is 8.66 Å². The molecule has 0 fully saturated rings. The quantitative estimate of drug-likeness (QED) is 0.789. The fourth-order valence-electron chi connectivity index (χ4n) is 1.02. The number of nitrogens with zero attached hydrogens (tertiary/aromatic N) is 3. The minimum absolute atomic E-state index is 0.295. The van der Waals surface area contributed by atoms with Gasteiger partial charge in [-0.2, -0.15) is 10.5 Å². The van der Waals surface area contributed by atoms with Crippen LogP contribution in [0.3, 0.4) is 0 Å². The van der Waals surface area contributed by atoms with Crippen LogP contribution in [0.15, 0.2) is 15.9 Å². The maximum atomic E-state index is 8.54. The van der Waals surface area contributed by atoms with Gasteiger partial charge in [0.25, 0.3) is 0 Å². The highest BCUT2D eigenvalue weighted by molar-refractivity contribution is 9.11. The van der Waals surface area contributed by atoms with Crippen molar-refractivity contribution in [2.24, 2.45) is 0 Å². The summed E-state index contributed by atoms with van der Waals surface area (Å²) in [6.45, 7) is 1.25. The molecule has 0 radical (unpaired) electrons. The summed E-state index contributed by atoms with van der Waals surface area (Å²) in [5, 5.41) is 17.1. The van der Waals surface area contributed by atoms with Crippen LogP contribution < -0.4 is 0 Å². The van der Waals surface area contributed by atoms with Crippen LogP contribution in [-0.4, -0.2) is 18.0 Å². The minimum Gasteiger partial charge on any atom is -0.272 e. The molecule has 0 spiro atoms. The molecule has 14 heavy (non-hydrogen) atoms. The highest BCUT2D eigenvalue weighted by atomic mass is 79.9. The van der Waals surface area contributed by atoms with E-state index in [2.05, 4.69) is 15.9 Å². The third-order valence-electron chi connectivity index (χ3n) is 1.60. The lowest BCUT2D eigenvalue weighted by molar-refractivity contribution is 0.338. The number of nitriles is 2. The van der Waals surface area contributed by atoms with Crippen LogP contribution in [0.4, 0.5) is 0 Å². The standard InChI is InChI=1S/C9H8BrN3S/c10-9-2-1-8(14-9)7-13(5-3-11)6-4-12/h1-2H,5-7H2. The zero-order valence-corrected chi connectivity index (χ0v) is 9.81. The number of hydrogen-bond acceptors (Lipinski definition) is 4. The van der Waals surface area contributed by atoms with E-state index in [1.807, 2.05) is 24.3 Å². The number of thiophene rings is 1. The van der Waals surface area contributed by atoms with E-state index in [0.29, 0.717) is 19.6 Å². The van der Waals surface area contributed by atoms with Crippen molar-refractivity contribution in [1.82, 2.24) is 4.90 Å². The maximum Gasteiger partial charge on any atom is 0.0877 e. The van der Waals surface area contributed by atoms with Crippen molar-refractivity contribution >= 4 is 27.3 Å². The van der Waals surface area contributed by atoms with Crippen molar-refractivity contribution < 1.29 is 0 Å². The van der Waals surface area contributed by atoms with Crippen LogP contribution in [0, 0.1) is 22.7 Å². The molecule has 0 aliphatic rings. The fraction of sp³-hybridized carbons (Fsp3) is 0.333. The largest absolute Gasteiger partial charge is 0.272 e. The van der Waals surface area contributed by atoms with Crippen LogP contribution in [0.1, 0.15) is 4.88 Å². The van der Waals surface area contributed by atoms with Gasteiger partial charge < -0.3 is 0 Å². The molecule has 0 saturated heterocycles. The van der Waals surface area contributed by atoms with Crippen LogP contribution in [0.5, 0.6) is 0 Å². The Hall–Kier alpha value is -0.880. The van der Waals surface area contributed by atoms with Crippen molar-refractivity contribution in [3.63, 3.8) is 0 Å². The second-order valence-corrected chi connectivity index (χ2v) is 5.21. The van der Waals surface area contributed by atoms with E-state index < -0.39 is 0 Å². The topological polar surface area (TPSA) is 50.8 Å².